The van der Waals surface area contributed by atoms with E-state index in [-0.39, 0.29) is 11.5 Å². The van der Waals surface area contributed by atoms with Crippen LogP contribution in [0.4, 0.5) is 0 Å². The average Bonchev–Trinajstić information content (AvgIpc) is 3.21. The Balaban J connectivity index is 1.50. The highest BCUT2D eigenvalue weighted by atomic mass is 32.1. The smallest absolute Gasteiger partial charge is 0.269 e. The first-order valence-corrected chi connectivity index (χ1v) is 9.63. The zero-order valence-electron chi connectivity index (χ0n) is 14.5. The van der Waals surface area contributed by atoms with Gasteiger partial charge in [-0.3, -0.25) is 9.69 Å². The van der Waals surface area contributed by atoms with Gasteiger partial charge in [0.15, 0.2) is 5.60 Å². The average molecular weight is 350 g/mol. The molecule has 1 spiro atoms. The molecule has 24 heavy (non-hydrogen) atoms. The van der Waals surface area contributed by atoms with Crippen LogP contribution in [-0.2, 0) is 16.2 Å². The summed E-state index contributed by atoms with van der Waals surface area (Å²) < 4.78 is 0. The van der Waals surface area contributed by atoms with Gasteiger partial charge in [-0.25, -0.2) is 4.98 Å². The molecule has 0 aliphatic carbocycles. The van der Waals surface area contributed by atoms with Gasteiger partial charge in [-0.05, 0) is 38.3 Å². The number of nitrogens with zero attached hydrogens (tertiary/aromatic N) is 3. The van der Waals surface area contributed by atoms with Crippen LogP contribution in [0.1, 0.15) is 45.2 Å². The van der Waals surface area contributed by atoms with Gasteiger partial charge >= 0.3 is 0 Å². The molecule has 6 nitrogen and oxygen atoms in total. The van der Waals surface area contributed by atoms with Crippen LogP contribution in [0, 0.1) is 5.92 Å². The van der Waals surface area contributed by atoms with E-state index >= 15 is 0 Å². The predicted octanol–water partition coefficient (Wildman–Crippen LogP) is 2.42. The molecule has 3 rings (SSSR count). The molecule has 1 amide bonds. The summed E-state index contributed by atoms with van der Waals surface area (Å²) in [5.74, 6) is 0.565. The molecule has 0 bridgehead atoms. The zero-order chi connectivity index (χ0) is 17.0. The lowest BCUT2D eigenvalue weighted by Gasteiger charge is -2.38. The maximum absolute atomic E-state index is 12.3. The zero-order valence-corrected chi connectivity index (χ0v) is 15.3. The molecule has 1 aromatic rings. The summed E-state index contributed by atoms with van der Waals surface area (Å²) in [6.07, 6.45) is 3.87. The third-order valence-corrected chi connectivity index (χ3v) is 5.29. The van der Waals surface area contributed by atoms with Crippen LogP contribution < -0.4 is 5.32 Å². The van der Waals surface area contributed by atoms with Crippen molar-refractivity contribution in [1.82, 2.24) is 15.2 Å². The van der Waals surface area contributed by atoms with E-state index in [1.165, 1.54) is 17.8 Å². The molecule has 1 saturated heterocycles. The minimum atomic E-state index is -0.303. The molecule has 2 aliphatic heterocycles. The number of carbonyl (C=O) groups excluding carboxylic acids is 1. The van der Waals surface area contributed by atoms with Crippen molar-refractivity contribution in [3.05, 3.63) is 16.6 Å². The van der Waals surface area contributed by atoms with Crippen LogP contribution in [0.15, 0.2) is 16.0 Å². The second-order valence-electron chi connectivity index (χ2n) is 7.21. The molecule has 1 unspecified atom stereocenters. The van der Waals surface area contributed by atoms with E-state index in [1.54, 1.807) is 5.51 Å². The Hall–Kier alpha value is -1.47. The fraction of sp³-hybridized carbons (Fsp3) is 0.706. The fourth-order valence-corrected chi connectivity index (χ4v) is 3.84. The Bertz CT molecular complexity index is 587. The highest BCUT2D eigenvalue weighted by molar-refractivity contribution is 7.07. The van der Waals surface area contributed by atoms with Crippen LogP contribution in [0.5, 0.6) is 0 Å². The molecule has 1 atom stereocenters. The van der Waals surface area contributed by atoms with E-state index in [9.17, 15) is 4.79 Å². The Morgan fingerprint density at radius 3 is 3.17 bits per heavy atom. The molecule has 7 heteroatoms. The first-order valence-electron chi connectivity index (χ1n) is 8.69. The number of hydrogen-bond acceptors (Lipinski definition) is 6. The molecular formula is C17H26N4O2S. The Morgan fingerprint density at radius 2 is 2.42 bits per heavy atom. The first-order chi connectivity index (χ1) is 11.6. The van der Waals surface area contributed by atoms with Gasteiger partial charge in [0.05, 0.1) is 17.7 Å². The second kappa shape index (κ2) is 7.61. The van der Waals surface area contributed by atoms with E-state index in [0.29, 0.717) is 24.6 Å². The number of hydrogen-bond donors (Lipinski definition) is 1. The maximum Gasteiger partial charge on any atom is 0.269 e. The summed E-state index contributed by atoms with van der Waals surface area (Å²) >= 11 is 1.52. The van der Waals surface area contributed by atoms with E-state index in [0.717, 1.165) is 38.2 Å². The number of oxime groups is 1. The standard InChI is InChI=1S/C17H26N4O2S/c1-13(2)4-7-21-6-3-5-17(11-21)8-15(20-23-17)16(22)18-9-14-10-24-12-19-14/h10,12-13H,3-9,11H2,1-2H3,(H,18,22). The minimum absolute atomic E-state index is 0.140. The van der Waals surface area contributed by atoms with Gasteiger partial charge in [-0.2, -0.15) is 0 Å². The molecule has 0 aromatic carbocycles. The van der Waals surface area contributed by atoms with Gasteiger partial charge in [0.2, 0.25) is 0 Å². The highest BCUT2D eigenvalue weighted by Crippen LogP contribution is 2.33. The number of carbonyl (C=O) groups is 1. The molecule has 1 fully saturated rings. The van der Waals surface area contributed by atoms with E-state index in [4.69, 9.17) is 4.84 Å². The molecule has 0 radical (unpaired) electrons. The topological polar surface area (TPSA) is 66.8 Å². The first kappa shape index (κ1) is 17.4. The Labute approximate surface area is 147 Å². The molecule has 3 heterocycles. The molecular weight excluding hydrogens is 324 g/mol. The van der Waals surface area contributed by atoms with Gasteiger partial charge in [0, 0.05) is 18.3 Å². The molecule has 1 aromatic heterocycles. The van der Waals surface area contributed by atoms with Gasteiger partial charge in [-0.15, -0.1) is 11.3 Å². The second-order valence-corrected chi connectivity index (χ2v) is 7.93. The predicted molar refractivity (Wildman–Crippen MR) is 95.0 cm³/mol. The normalized spacial score (nSPS) is 24.2. The van der Waals surface area contributed by atoms with Gasteiger partial charge in [0.25, 0.3) is 5.91 Å². The monoisotopic (exact) mass is 350 g/mol. The quantitative estimate of drug-likeness (QED) is 0.856. The van der Waals surface area contributed by atoms with Crippen LogP contribution in [0.25, 0.3) is 0 Å². The maximum atomic E-state index is 12.3. The number of nitrogens with one attached hydrogen (secondary N) is 1. The molecule has 132 valence electrons. The fourth-order valence-electron chi connectivity index (χ4n) is 3.28. The van der Waals surface area contributed by atoms with Crippen molar-refractivity contribution in [3.8, 4) is 0 Å². The molecule has 1 N–H and O–H groups in total. The van der Waals surface area contributed by atoms with Gasteiger partial charge in [0.1, 0.15) is 5.71 Å². The van der Waals surface area contributed by atoms with Crippen molar-refractivity contribution < 1.29 is 9.63 Å². The van der Waals surface area contributed by atoms with E-state index in [1.807, 2.05) is 5.38 Å². The SMILES string of the molecule is CC(C)CCN1CCCC2(CC(C(=O)NCc3cscn3)=NO2)C1. The third kappa shape index (κ3) is 4.33. The summed E-state index contributed by atoms with van der Waals surface area (Å²) in [5.41, 5.74) is 2.85. The van der Waals surface area contributed by atoms with Crippen LogP contribution in [0.3, 0.4) is 0 Å². The van der Waals surface area contributed by atoms with Crippen LogP contribution >= 0.6 is 11.3 Å². The van der Waals surface area contributed by atoms with E-state index < -0.39 is 0 Å². The van der Waals surface area contributed by atoms with Crippen molar-refractivity contribution in [2.24, 2.45) is 11.1 Å². The van der Waals surface area contributed by atoms with Crippen molar-refractivity contribution in [2.45, 2.75) is 51.7 Å². The lowest BCUT2D eigenvalue weighted by Crippen LogP contribution is -2.49. The van der Waals surface area contributed by atoms with Crippen LogP contribution in [0.2, 0.25) is 0 Å². The summed E-state index contributed by atoms with van der Waals surface area (Å²) in [5, 5.41) is 8.92. The summed E-state index contributed by atoms with van der Waals surface area (Å²) in [6.45, 7) is 8.01. The lowest BCUT2D eigenvalue weighted by molar-refractivity contribution is -0.115. The molecule has 0 saturated carbocycles. The Kier molecular flexibility index (Phi) is 5.50. The van der Waals surface area contributed by atoms with Gasteiger partial charge in [-0.1, -0.05) is 19.0 Å². The summed E-state index contributed by atoms with van der Waals surface area (Å²) in [6, 6.07) is 0. The third-order valence-electron chi connectivity index (χ3n) is 4.66. The summed E-state index contributed by atoms with van der Waals surface area (Å²) in [7, 11) is 0. The largest absolute Gasteiger partial charge is 0.387 e. The van der Waals surface area contributed by atoms with Crippen molar-refractivity contribution in [3.63, 3.8) is 0 Å². The number of amides is 1. The minimum Gasteiger partial charge on any atom is -0.387 e. The van der Waals surface area contributed by atoms with E-state index in [2.05, 4.69) is 34.2 Å². The van der Waals surface area contributed by atoms with Crippen LogP contribution in [-0.4, -0.2) is 46.7 Å². The summed E-state index contributed by atoms with van der Waals surface area (Å²) in [4.78, 5) is 24.7. The van der Waals surface area contributed by atoms with Crippen molar-refractivity contribution >= 4 is 23.0 Å². The number of likely N-dealkylation sites (tertiary alicyclic amines) is 1. The number of aromatic nitrogens is 1. The van der Waals surface area contributed by atoms with Gasteiger partial charge < -0.3 is 10.2 Å². The lowest BCUT2D eigenvalue weighted by atomic mass is 9.87. The Morgan fingerprint density at radius 1 is 1.54 bits per heavy atom. The van der Waals surface area contributed by atoms with Crippen molar-refractivity contribution in [1.29, 1.82) is 0 Å². The number of piperidine rings is 1. The molecule has 2 aliphatic rings. The number of thiazole rings is 1. The van der Waals surface area contributed by atoms with Crippen molar-refractivity contribution in [2.75, 3.05) is 19.6 Å². The highest BCUT2D eigenvalue weighted by Gasteiger charge is 2.44. The number of rotatable bonds is 6.